The molecular weight excluding hydrogens is 338 g/mol. The standard InChI is InChI=1S/C22H25N3O2/c1-24-21-10-16(26-2)8-9-20(21)23-22(24)13-25-11-17-18(12-25)19(17)14-27-15-6-4-3-5-7-15/h3-10,17-19H,11-14H2,1-2H3/t17-,18+,19?. The van der Waals surface area contributed by atoms with Gasteiger partial charge in [0, 0.05) is 32.1 Å². The van der Waals surface area contributed by atoms with Crippen LogP contribution in [0.5, 0.6) is 11.5 Å². The first-order valence-corrected chi connectivity index (χ1v) is 9.62. The molecule has 140 valence electrons. The van der Waals surface area contributed by atoms with E-state index in [4.69, 9.17) is 14.5 Å². The molecule has 0 radical (unpaired) electrons. The lowest BCUT2D eigenvalue weighted by Gasteiger charge is -2.19. The van der Waals surface area contributed by atoms with Gasteiger partial charge in [-0.15, -0.1) is 0 Å². The number of nitrogens with zero attached hydrogens (tertiary/aromatic N) is 3. The minimum absolute atomic E-state index is 0.714. The van der Waals surface area contributed by atoms with Crippen LogP contribution in [0.2, 0.25) is 0 Å². The van der Waals surface area contributed by atoms with Gasteiger partial charge in [-0.1, -0.05) is 18.2 Å². The third-order valence-electron chi connectivity index (χ3n) is 6.18. The van der Waals surface area contributed by atoms with Crippen molar-refractivity contribution in [3.05, 3.63) is 54.4 Å². The summed E-state index contributed by atoms with van der Waals surface area (Å²) in [4.78, 5) is 7.36. The first-order valence-electron chi connectivity index (χ1n) is 9.62. The van der Waals surface area contributed by atoms with Crippen molar-refractivity contribution in [3.63, 3.8) is 0 Å². The van der Waals surface area contributed by atoms with Crippen LogP contribution in [0.15, 0.2) is 48.5 Å². The van der Waals surface area contributed by atoms with Crippen LogP contribution < -0.4 is 9.47 Å². The summed E-state index contributed by atoms with van der Waals surface area (Å²) in [5, 5.41) is 0. The molecule has 1 unspecified atom stereocenters. The number of aryl methyl sites for hydroxylation is 1. The Bertz CT molecular complexity index is 941. The van der Waals surface area contributed by atoms with Gasteiger partial charge < -0.3 is 14.0 Å². The van der Waals surface area contributed by atoms with E-state index in [1.54, 1.807) is 7.11 Å². The van der Waals surface area contributed by atoms with Crippen molar-refractivity contribution in [2.24, 2.45) is 24.8 Å². The highest BCUT2D eigenvalue weighted by molar-refractivity contribution is 5.77. The van der Waals surface area contributed by atoms with Gasteiger partial charge in [0.25, 0.3) is 0 Å². The summed E-state index contributed by atoms with van der Waals surface area (Å²) in [7, 11) is 3.80. The lowest BCUT2D eigenvalue weighted by atomic mass is 10.2. The second-order valence-corrected chi connectivity index (χ2v) is 7.75. The molecule has 2 aliphatic rings. The van der Waals surface area contributed by atoms with Crippen LogP contribution in [0, 0.1) is 17.8 Å². The van der Waals surface area contributed by atoms with Gasteiger partial charge in [-0.3, -0.25) is 4.90 Å². The number of para-hydroxylation sites is 1. The van der Waals surface area contributed by atoms with Gasteiger partial charge in [-0.25, -0.2) is 4.98 Å². The average molecular weight is 363 g/mol. The number of methoxy groups -OCH3 is 1. The normalized spacial score (nSPS) is 24.1. The Morgan fingerprint density at radius 2 is 1.81 bits per heavy atom. The van der Waals surface area contributed by atoms with Crippen LogP contribution in [-0.2, 0) is 13.6 Å². The number of aromatic nitrogens is 2. The largest absolute Gasteiger partial charge is 0.497 e. The van der Waals surface area contributed by atoms with E-state index in [9.17, 15) is 0 Å². The van der Waals surface area contributed by atoms with Gasteiger partial charge in [0.2, 0.25) is 0 Å². The fraction of sp³-hybridized carbons (Fsp3) is 0.409. The maximum absolute atomic E-state index is 5.95. The van der Waals surface area contributed by atoms with Gasteiger partial charge in [0.15, 0.2) is 0 Å². The van der Waals surface area contributed by atoms with Crippen molar-refractivity contribution in [1.29, 1.82) is 0 Å². The van der Waals surface area contributed by atoms with Gasteiger partial charge in [-0.05, 0) is 36.1 Å². The third-order valence-corrected chi connectivity index (χ3v) is 6.18. The molecule has 1 saturated heterocycles. The zero-order chi connectivity index (χ0) is 18.4. The SMILES string of the molecule is COc1ccc2nc(CN3C[C@@H]4C(COc5ccccc5)[C@@H]4C3)n(C)c2c1. The fourth-order valence-corrected chi connectivity index (χ4v) is 4.51. The summed E-state index contributed by atoms with van der Waals surface area (Å²) >= 11 is 0. The Kier molecular flexibility index (Phi) is 4.05. The molecule has 0 N–H and O–H groups in total. The Labute approximate surface area is 159 Å². The van der Waals surface area contributed by atoms with E-state index in [1.165, 1.54) is 0 Å². The lowest BCUT2D eigenvalue weighted by molar-refractivity contribution is 0.226. The number of hydrogen-bond donors (Lipinski definition) is 0. The minimum atomic E-state index is 0.714. The molecule has 2 heterocycles. The molecule has 5 rings (SSSR count). The van der Waals surface area contributed by atoms with Crippen LogP contribution in [-0.4, -0.2) is 41.3 Å². The Balaban J connectivity index is 1.19. The predicted molar refractivity (Wildman–Crippen MR) is 105 cm³/mol. The zero-order valence-electron chi connectivity index (χ0n) is 15.8. The van der Waals surface area contributed by atoms with Crippen LogP contribution >= 0.6 is 0 Å². The second-order valence-electron chi connectivity index (χ2n) is 7.75. The summed E-state index contributed by atoms with van der Waals surface area (Å²) in [5.41, 5.74) is 2.16. The molecular formula is C22H25N3O2. The topological polar surface area (TPSA) is 39.5 Å². The summed E-state index contributed by atoms with van der Waals surface area (Å²) in [6.07, 6.45) is 0. The Morgan fingerprint density at radius 3 is 2.56 bits per heavy atom. The van der Waals surface area contributed by atoms with E-state index in [2.05, 4.69) is 22.6 Å². The number of imidazole rings is 1. The monoisotopic (exact) mass is 363 g/mol. The third kappa shape index (κ3) is 3.06. The maximum Gasteiger partial charge on any atom is 0.123 e. The molecule has 0 bridgehead atoms. The maximum atomic E-state index is 5.95. The molecule has 3 aromatic rings. The number of rotatable bonds is 6. The minimum Gasteiger partial charge on any atom is -0.497 e. The number of piperidine rings is 1. The van der Waals surface area contributed by atoms with Crippen molar-refractivity contribution < 1.29 is 9.47 Å². The van der Waals surface area contributed by atoms with E-state index in [1.807, 2.05) is 42.5 Å². The Morgan fingerprint density at radius 1 is 1.04 bits per heavy atom. The number of likely N-dealkylation sites (tertiary alicyclic amines) is 1. The highest BCUT2D eigenvalue weighted by Crippen LogP contribution is 2.52. The molecule has 1 saturated carbocycles. The van der Waals surface area contributed by atoms with Crippen molar-refractivity contribution in [1.82, 2.24) is 14.5 Å². The molecule has 5 nitrogen and oxygen atoms in total. The van der Waals surface area contributed by atoms with Crippen molar-refractivity contribution in [3.8, 4) is 11.5 Å². The molecule has 2 fully saturated rings. The molecule has 1 aromatic heterocycles. The van der Waals surface area contributed by atoms with E-state index in [0.29, 0.717) is 5.92 Å². The first-order chi connectivity index (χ1) is 13.2. The quantitative estimate of drug-likeness (QED) is 0.673. The van der Waals surface area contributed by atoms with Crippen molar-refractivity contribution in [2.75, 3.05) is 26.8 Å². The van der Waals surface area contributed by atoms with E-state index < -0.39 is 0 Å². The number of hydrogen-bond acceptors (Lipinski definition) is 4. The molecule has 3 atom stereocenters. The van der Waals surface area contributed by atoms with E-state index in [0.717, 1.165) is 66.4 Å². The number of benzene rings is 2. The summed E-state index contributed by atoms with van der Waals surface area (Å²) in [5.74, 6) is 5.25. The summed E-state index contributed by atoms with van der Waals surface area (Å²) in [6, 6.07) is 16.2. The van der Waals surface area contributed by atoms with Crippen molar-refractivity contribution in [2.45, 2.75) is 6.54 Å². The number of fused-ring (bicyclic) bond motifs is 2. The highest BCUT2D eigenvalue weighted by Gasteiger charge is 2.55. The van der Waals surface area contributed by atoms with E-state index >= 15 is 0 Å². The molecule has 5 heteroatoms. The number of ether oxygens (including phenoxy) is 2. The Hall–Kier alpha value is -2.53. The molecule has 27 heavy (non-hydrogen) atoms. The second kappa shape index (κ2) is 6.57. The lowest BCUT2D eigenvalue weighted by Crippen LogP contribution is -2.26. The van der Waals surface area contributed by atoms with Crippen molar-refractivity contribution >= 4 is 11.0 Å². The predicted octanol–water partition coefficient (Wildman–Crippen LogP) is 3.34. The molecule has 1 aliphatic carbocycles. The molecule has 2 aromatic carbocycles. The molecule has 0 spiro atoms. The van der Waals surface area contributed by atoms with Crippen LogP contribution in [0.4, 0.5) is 0 Å². The van der Waals surface area contributed by atoms with Gasteiger partial charge in [0.1, 0.15) is 17.3 Å². The van der Waals surface area contributed by atoms with Crippen LogP contribution in [0.25, 0.3) is 11.0 Å². The van der Waals surface area contributed by atoms with Crippen LogP contribution in [0.3, 0.4) is 0 Å². The van der Waals surface area contributed by atoms with Gasteiger partial charge >= 0.3 is 0 Å². The zero-order valence-corrected chi connectivity index (χ0v) is 15.8. The average Bonchev–Trinajstić information content (AvgIpc) is 3.01. The summed E-state index contributed by atoms with van der Waals surface area (Å²) < 4.78 is 13.5. The first kappa shape index (κ1) is 16.6. The fourth-order valence-electron chi connectivity index (χ4n) is 4.51. The highest BCUT2D eigenvalue weighted by atomic mass is 16.5. The van der Waals surface area contributed by atoms with Gasteiger partial charge in [0.05, 0.1) is 31.3 Å². The van der Waals surface area contributed by atoms with Crippen LogP contribution in [0.1, 0.15) is 5.82 Å². The van der Waals surface area contributed by atoms with E-state index in [-0.39, 0.29) is 0 Å². The van der Waals surface area contributed by atoms with Gasteiger partial charge in [-0.2, -0.15) is 0 Å². The summed E-state index contributed by atoms with van der Waals surface area (Å²) in [6.45, 7) is 4.06. The smallest absolute Gasteiger partial charge is 0.123 e. The molecule has 0 amide bonds. The molecule has 1 aliphatic heterocycles.